The number of benzene rings is 1. The Bertz CT molecular complexity index is 1040. The van der Waals surface area contributed by atoms with Crippen LogP contribution in [0.15, 0.2) is 61.1 Å². The summed E-state index contributed by atoms with van der Waals surface area (Å²) in [6.07, 6.45) is 6.49. The molecular formula is C20H18N6O3. The van der Waals surface area contributed by atoms with E-state index in [0.29, 0.717) is 11.3 Å². The number of amides is 3. The van der Waals surface area contributed by atoms with E-state index < -0.39 is 17.7 Å². The lowest BCUT2D eigenvalue weighted by Gasteiger charge is -2.07. The molecule has 1 fully saturated rings. The van der Waals surface area contributed by atoms with Crippen molar-refractivity contribution in [3.8, 4) is 16.9 Å². The van der Waals surface area contributed by atoms with Gasteiger partial charge in [0.1, 0.15) is 5.69 Å². The van der Waals surface area contributed by atoms with Gasteiger partial charge in [0.2, 0.25) is 0 Å². The molecular weight excluding hydrogens is 372 g/mol. The second kappa shape index (κ2) is 7.93. The molecule has 0 saturated heterocycles. The summed E-state index contributed by atoms with van der Waals surface area (Å²) in [7, 11) is 0. The van der Waals surface area contributed by atoms with Crippen LogP contribution in [0.5, 0.6) is 0 Å². The minimum Gasteiger partial charge on any atom is -0.345 e. The number of aromatic nitrogens is 3. The van der Waals surface area contributed by atoms with Crippen molar-refractivity contribution in [2.24, 2.45) is 0 Å². The van der Waals surface area contributed by atoms with Gasteiger partial charge in [-0.15, -0.1) is 0 Å². The first kappa shape index (κ1) is 18.4. The fourth-order valence-corrected chi connectivity index (χ4v) is 2.69. The van der Waals surface area contributed by atoms with Gasteiger partial charge in [0.25, 0.3) is 5.91 Å². The number of hydrazine groups is 1. The minimum atomic E-state index is -0.927. The highest BCUT2D eigenvalue weighted by molar-refractivity contribution is 6.35. The second-order valence-corrected chi connectivity index (χ2v) is 6.57. The predicted molar refractivity (Wildman–Crippen MR) is 104 cm³/mol. The number of carbonyl (C=O) groups excluding carboxylic acids is 3. The summed E-state index contributed by atoms with van der Waals surface area (Å²) in [4.78, 5) is 40.4. The standard InChI is InChI=1S/C20H18N6O3/c27-18(23-24-20(29)19(28)22-14-8-9-14)16-12-26(15-6-2-1-3-7-15)25-17(16)13-5-4-10-21-11-13/h1-7,10-12,14H,8-9H2,(H,22,28)(H,23,27)(H,24,29). The van der Waals surface area contributed by atoms with E-state index in [1.165, 1.54) is 0 Å². The first-order valence-corrected chi connectivity index (χ1v) is 9.08. The third kappa shape index (κ3) is 4.29. The Morgan fingerprint density at radius 2 is 1.76 bits per heavy atom. The molecule has 2 aromatic heterocycles. The molecule has 146 valence electrons. The maximum Gasteiger partial charge on any atom is 0.327 e. The molecule has 9 heteroatoms. The quantitative estimate of drug-likeness (QED) is 0.453. The summed E-state index contributed by atoms with van der Waals surface area (Å²) >= 11 is 0. The molecule has 3 amide bonds. The Morgan fingerprint density at radius 1 is 0.966 bits per heavy atom. The van der Waals surface area contributed by atoms with Crippen molar-refractivity contribution >= 4 is 17.7 Å². The van der Waals surface area contributed by atoms with Crippen LogP contribution in [0.25, 0.3) is 16.9 Å². The Labute approximate surface area is 166 Å². The third-order valence-corrected chi connectivity index (χ3v) is 4.32. The van der Waals surface area contributed by atoms with Gasteiger partial charge in [0, 0.05) is 30.2 Å². The molecule has 1 aliphatic carbocycles. The molecule has 3 N–H and O–H groups in total. The average Bonchev–Trinajstić information content (AvgIpc) is 3.46. The zero-order valence-corrected chi connectivity index (χ0v) is 15.3. The van der Waals surface area contributed by atoms with Crippen LogP contribution in [-0.4, -0.2) is 38.5 Å². The van der Waals surface area contributed by atoms with E-state index in [1.807, 2.05) is 30.3 Å². The van der Waals surface area contributed by atoms with Crippen LogP contribution >= 0.6 is 0 Å². The van der Waals surface area contributed by atoms with Gasteiger partial charge in [-0.1, -0.05) is 18.2 Å². The van der Waals surface area contributed by atoms with E-state index in [-0.39, 0.29) is 11.6 Å². The second-order valence-electron chi connectivity index (χ2n) is 6.57. The molecule has 0 unspecified atom stereocenters. The zero-order chi connectivity index (χ0) is 20.2. The van der Waals surface area contributed by atoms with Crippen LogP contribution in [0.3, 0.4) is 0 Å². The van der Waals surface area contributed by atoms with Gasteiger partial charge in [-0.05, 0) is 37.1 Å². The number of carbonyl (C=O) groups is 3. The summed E-state index contributed by atoms with van der Waals surface area (Å²) < 4.78 is 1.57. The maximum atomic E-state index is 12.7. The first-order valence-electron chi connectivity index (χ1n) is 9.08. The van der Waals surface area contributed by atoms with Gasteiger partial charge in [0.05, 0.1) is 11.3 Å². The van der Waals surface area contributed by atoms with E-state index in [0.717, 1.165) is 18.5 Å². The topological polar surface area (TPSA) is 118 Å². The van der Waals surface area contributed by atoms with Crippen molar-refractivity contribution in [3.63, 3.8) is 0 Å². The average molecular weight is 390 g/mol. The largest absolute Gasteiger partial charge is 0.345 e. The normalized spacial score (nSPS) is 12.8. The number of para-hydroxylation sites is 1. The van der Waals surface area contributed by atoms with Gasteiger partial charge in [-0.3, -0.25) is 30.2 Å². The van der Waals surface area contributed by atoms with Crippen LogP contribution < -0.4 is 16.2 Å². The predicted octanol–water partition coefficient (Wildman–Crippen LogP) is 0.974. The first-order chi connectivity index (χ1) is 14.1. The van der Waals surface area contributed by atoms with Gasteiger partial charge >= 0.3 is 11.8 Å². The minimum absolute atomic E-state index is 0.0465. The number of nitrogens with zero attached hydrogens (tertiary/aromatic N) is 3. The lowest BCUT2D eigenvalue weighted by atomic mass is 10.1. The smallest absolute Gasteiger partial charge is 0.327 e. The van der Waals surface area contributed by atoms with Crippen LogP contribution in [0.1, 0.15) is 23.2 Å². The third-order valence-electron chi connectivity index (χ3n) is 4.32. The fourth-order valence-electron chi connectivity index (χ4n) is 2.69. The molecule has 1 aromatic carbocycles. The Kier molecular flexibility index (Phi) is 5.02. The van der Waals surface area contributed by atoms with Crippen molar-refractivity contribution in [1.29, 1.82) is 0 Å². The van der Waals surface area contributed by atoms with Crippen molar-refractivity contribution in [1.82, 2.24) is 30.9 Å². The maximum absolute atomic E-state index is 12.7. The highest BCUT2D eigenvalue weighted by atomic mass is 16.2. The number of nitrogens with one attached hydrogen (secondary N) is 3. The molecule has 0 spiro atoms. The van der Waals surface area contributed by atoms with Crippen molar-refractivity contribution in [2.45, 2.75) is 18.9 Å². The lowest BCUT2D eigenvalue weighted by Crippen LogP contribution is -2.49. The Hall–Kier alpha value is -4.01. The van der Waals surface area contributed by atoms with Gasteiger partial charge in [-0.2, -0.15) is 5.10 Å². The molecule has 0 atom stereocenters. The molecule has 3 aromatic rings. The molecule has 0 aliphatic heterocycles. The van der Waals surface area contributed by atoms with Crippen molar-refractivity contribution < 1.29 is 14.4 Å². The molecule has 1 aliphatic rings. The fraction of sp³-hybridized carbons (Fsp3) is 0.150. The number of pyridine rings is 1. The van der Waals surface area contributed by atoms with Gasteiger partial charge in [-0.25, -0.2) is 4.68 Å². The molecule has 2 heterocycles. The molecule has 4 rings (SSSR count). The van der Waals surface area contributed by atoms with Gasteiger partial charge in [0.15, 0.2) is 0 Å². The van der Waals surface area contributed by atoms with E-state index in [4.69, 9.17) is 0 Å². The molecule has 0 bridgehead atoms. The zero-order valence-electron chi connectivity index (χ0n) is 15.3. The van der Waals surface area contributed by atoms with E-state index in [1.54, 1.807) is 35.4 Å². The number of hydrogen-bond acceptors (Lipinski definition) is 5. The number of rotatable bonds is 4. The summed E-state index contributed by atoms with van der Waals surface area (Å²) in [6.45, 7) is 0. The molecule has 0 radical (unpaired) electrons. The van der Waals surface area contributed by atoms with E-state index >= 15 is 0 Å². The summed E-state index contributed by atoms with van der Waals surface area (Å²) in [6, 6.07) is 12.9. The summed E-state index contributed by atoms with van der Waals surface area (Å²) in [5, 5.41) is 7.06. The Balaban J connectivity index is 1.56. The molecule has 1 saturated carbocycles. The van der Waals surface area contributed by atoms with E-state index in [9.17, 15) is 14.4 Å². The molecule has 9 nitrogen and oxygen atoms in total. The lowest BCUT2D eigenvalue weighted by molar-refractivity contribution is -0.139. The van der Waals surface area contributed by atoms with E-state index in [2.05, 4.69) is 26.3 Å². The van der Waals surface area contributed by atoms with Crippen molar-refractivity contribution in [2.75, 3.05) is 0 Å². The highest BCUT2D eigenvalue weighted by Crippen LogP contribution is 2.23. The molecule has 29 heavy (non-hydrogen) atoms. The van der Waals surface area contributed by atoms with Crippen LogP contribution in [0.4, 0.5) is 0 Å². The Morgan fingerprint density at radius 3 is 2.45 bits per heavy atom. The highest BCUT2D eigenvalue weighted by Gasteiger charge is 2.27. The van der Waals surface area contributed by atoms with Crippen LogP contribution in [0.2, 0.25) is 0 Å². The SMILES string of the molecule is O=C(NNC(=O)c1cn(-c2ccccc2)nc1-c1cccnc1)C(=O)NC1CC1. The summed E-state index contributed by atoms with van der Waals surface area (Å²) in [5.41, 5.74) is 6.45. The summed E-state index contributed by atoms with van der Waals surface area (Å²) in [5.74, 6) is -2.30. The monoisotopic (exact) mass is 390 g/mol. The van der Waals surface area contributed by atoms with Crippen molar-refractivity contribution in [3.05, 3.63) is 66.6 Å². The van der Waals surface area contributed by atoms with Crippen LogP contribution in [-0.2, 0) is 9.59 Å². The van der Waals surface area contributed by atoms with Gasteiger partial charge < -0.3 is 5.32 Å². The van der Waals surface area contributed by atoms with Crippen LogP contribution in [0, 0.1) is 0 Å². The number of hydrogen-bond donors (Lipinski definition) is 3.